The van der Waals surface area contributed by atoms with Crippen LogP contribution < -0.4 is 4.90 Å². The van der Waals surface area contributed by atoms with Crippen molar-refractivity contribution in [1.82, 2.24) is 0 Å². The number of nitrogens with zero attached hydrogens (tertiary/aromatic N) is 1. The van der Waals surface area contributed by atoms with Crippen LogP contribution in [0.5, 0.6) is 0 Å². The van der Waals surface area contributed by atoms with Gasteiger partial charge in [-0.15, -0.1) is 0 Å². The van der Waals surface area contributed by atoms with Gasteiger partial charge in [0.2, 0.25) is 0 Å². The Balaban J connectivity index is 1.82. The molecular formula is C39H47N. The van der Waals surface area contributed by atoms with Crippen molar-refractivity contribution in [3.8, 4) is 22.3 Å². The second-order valence-corrected chi connectivity index (χ2v) is 15.2. The zero-order valence-electron chi connectivity index (χ0n) is 26.5. The molecule has 1 nitrogen and oxygen atoms in total. The minimum atomic E-state index is -0.141. The molecule has 0 unspecified atom stereocenters. The van der Waals surface area contributed by atoms with Crippen LogP contribution in [0.25, 0.3) is 22.3 Å². The van der Waals surface area contributed by atoms with Crippen molar-refractivity contribution < 1.29 is 0 Å². The van der Waals surface area contributed by atoms with Gasteiger partial charge in [-0.2, -0.15) is 0 Å². The molecule has 0 aromatic heterocycles. The Hall–Kier alpha value is -3.32. The quantitative estimate of drug-likeness (QED) is 0.255. The predicted octanol–water partition coefficient (Wildman–Crippen LogP) is 11.2. The molecule has 0 saturated heterocycles. The lowest BCUT2D eigenvalue weighted by molar-refractivity contribution is 0.531. The summed E-state index contributed by atoms with van der Waals surface area (Å²) >= 11 is 0. The topological polar surface area (TPSA) is 3.24 Å². The van der Waals surface area contributed by atoms with Gasteiger partial charge in [0.1, 0.15) is 0 Å². The normalized spacial score (nSPS) is 14.6. The lowest BCUT2D eigenvalue weighted by atomic mass is 9.78. The first-order chi connectivity index (χ1) is 18.5. The molecule has 1 heteroatoms. The molecule has 4 aromatic rings. The third-order valence-corrected chi connectivity index (χ3v) is 8.57. The summed E-state index contributed by atoms with van der Waals surface area (Å²) in [6.45, 7) is 25.9. The largest absolute Gasteiger partial charge is 0.336 e. The average Bonchev–Trinajstić information content (AvgIpc) is 3.09. The van der Waals surface area contributed by atoms with E-state index in [-0.39, 0.29) is 21.8 Å². The van der Waals surface area contributed by atoms with E-state index in [1.54, 1.807) is 0 Å². The van der Waals surface area contributed by atoms with E-state index in [9.17, 15) is 0 Å². The van der Waals surface area contributed by atoms with Crippen molar-refractivity contribution in [3.63, 3.8) is 0 Å². The fourth-order valence-corrected chi connectivity index (χ4v) is 6.52. The second kappa shape index (κ2) is 9.37. The van der Waals surface area contributed by atoms with Crippen LogP contribution in [0, 0.1) is 0 Å². The van der Waals surface area contributed by atoms with Crippen molar-refractivity contribution in [2.24, 2.45) is 0 Å². The van der Waals surface area contributed by atoms with Crippen LogP contribution in [0.15, 0.2) is 84.9 Å². The molecule has 0 saturated carbocycles. The van der Waals surface area contributed by atoms with Gasteiger partial charge in [-0.3, -0.25) is 0 Å². The molecular weight excluding hydrogens is 482 g/mol. The molecule has 4 aromatic carbocycles. The van der Waals surface area contributed by atoms with E-state index in [1.165, 1.54) is 55.9 Å². The Morgan fingerprint density at radius 1 is 0.500 bits per heavy atom. The minimum absolute atomic E-state index is 0.0264. The first-order valence-electron chi connectivity index (χ1n) is 14.8. The molecule has 0 amide bonds. The molecule has 0 spiro atoms. The van der Waals surface area contributed by atoms with Crippen molar-refractivity contribution in [3.05, 3.63) is 107 Å². The maximum atomic E-state index is 2.63. The first-order valence-corrected chi connectivity index (χ1v) is 14.8. The van der Waals surface area contributed by atoms with Gasteiger partial charge in [0.05, 0.1) is 0 Å². The summed E-state index contributed by atoms with van der Waals surface area (Å²) in [7, 11) is 0. The van der Waals surface area contributed by atoms with Crippen molar-refractivity contribution >= 4 is 11.4 Å². The number of rotatable bonds is 3. The van der Waals surface area contributed by atoms with Crippen molar-refractivity contribution in [2.45, 2.75) is 97.9 Å². The van der Waals surface area contributed by atoms with Crippen LogP contribution in [0.3, 0.4) is 0 Å². The van der Waals surface area contributed by atoms with E-state index in [2.05, 4.69) is 166 Å². The van der Waals surface area contributed by atoms with E-state index >= 15 is 0 Å². The maximum absolute atomic E-state index is 2.63. The summed E-state index contributed by atoms with van der Waals surface area (Å²) in [6, 6.07) is 31.9. The van der Waals surface area contributed by atoms with Gasteiger partial charge in [-0.25, -0.2) is 0 Å². The molecule has 0 fully saturated rings. The number of fused-ring (bicyclic) bond motifs is 3. The van der Waals surface area contributed by atoms with Crippen molar-refractivity contribution in [1.29, 1.82) is 0 Å². The molecule has 0 bridgehead atoms. The fourth-order valence-electron chi connectivity index (χ4n) is 6.52. The molecule has 1 aliphatic carbocycles. The van der Waals surface area contributed by atoms with E-state index in [0.29, 0.717) is 0 Å². The van der Waals surface area contributed by atoms with E-state index < -0.39 is 0 Å². The minimum Gasteiger partial charge on any atom is -0.336 e. The Labute approximate surface area is 243 Å². The highest BCUT2D eigenvalue weighted by molar-refractivity contribution is 5.86. The first kappa shape index (κ1) is 28.2. The molecule has 5 rings (SSSR count). The van der Waals surface area contributed by atoms with Gasteiger partial charge >= 0.3 is 0 Å². The maximum Gasteiger partial charge on any atom is 0.0457 e. The lowest BCUT2D eigenvalue weighted by Crippen LogP contribution is -2.40. The van der Waals surface area contributed by atoms with Crippen LogP contribution in [0.2, 0.25) is 0 Å². The summed E-state index contributed by atoms with van der Waals surface area (Å²) in [6.07, 6.45) is 0. The summed E-state index contributed by atoms with van der Waals surface area (Å²) in [5.74, 6) is 0. The summed E-state index contributed by atoms with van der Waals surface area (Å²) in [4.78, 5) is 2.63. The molecule has 208 valence electrons. The highest BCUT2D eigenvalue weighted by atomic mass is 15.2. The van der Waals surface area contributed by atoms with Gasteiger partial charge in [0.15, 0.2) is 0 Å². The summed E-state index contributed by atoms with van der Waals surface area (Å²) < 4.78 is 0. The highest BCUT2D eigenvalue weighted by Gasteiger charge is 2.39. The molecule has 0 heterocycles. The Morgan fingerprint density at radius 2 is 1.07 bits per heavy atom. The van der Waals surface area contributed by atoms with Gasteiger partial charge in [-0.05, 0) is 100 Å². The zero-order valence-corrected chi connectivity index (χ0v) is 26.5. The van der Waals surface area contributed by atoms with Crippen molar-refractivity contribution in [2.75, 3.05) is 4.90 Å². The monoisotopic (exact) mass is 529 g/mol. The van der Waals surface area contributed by atoms with Crippen LogP contribution in [-0.2, 0) is 16.2 Å². The Bertz CT molecular complexity index is 1550. The SMILES string of the molecule is CC(C)(C)c1cc(-c2ccccc2)ccc1N(c1cc2c(cc1C(C)(C)C)-c1ccccc1C2(C)C)C(C)(C)C. The summed E-state index contributed by atoms with van der Waals surface area (Å²) in [5, 5.41) is 0. The van der Waals surface area contributed by atoms with Crippen LogP contribution in [0.4, 0.5) is 11.4 Å². The third kappa shape index (κ3) is 4.78. The van der Waals surface area contributed by atoms with Gasteiger partial charge < -0.3 is 4.90 Å². The lowest BCUT2D eigenvalue weighted by Gasteiger charge is -2.44. The number of hydrogen-bond acceptors (Lipinski definition) is 1. The van der Waals surface area contributed by atoms with Gasteiger partial charge in [0, 0.05) is 22.3 Å². The number of hydrogen-bond donors (Lipinski definition) is 0. The van der Waals surface area contributed by atoms with Crippen LogP contribution in [-0.4, -0.2) is 5.54 Å². The predicted molar refractivity (Wildman–Crippen MR) is 175 cm³/mol. The van der Waals surface area contributed by atoms with Crippen LogP contribution >= 0.6 is 0 Å². The Morgan fingerprint density at radius 3 is 1.68 bits per heavy atom. The number of anilines is 2. The smallest absolute Gasteiger partial charge is 0.0457 e. The molecule has 1 aliphatic rings. The molecule has 0 radical (unpaired) electrons. The van der Waals surface area contributed by atoms with Gasteiger partial charge in [-0.1, -0.05) is 116 Å². The van der Waals surface area contributed by atoms with E-state index in [1.807, 2.05) is 0 Å². The van der Waals surface area contributed by atoms with E-state index in [0.717, 1.165) is 0 Å². The number of benzene rings is 4. The third-order valence-electron chi connectivity index (χ3n) is 8.57. The molecule has 0 aliphatic heterocycles. The average molecular weight is 530 g/mol. The second-order valence-electron chi connectivity index (χ2n) is 15.2. The Kier molecular flexibility index (Phi) is 6.61. The zero-order chi connectivity index (χ0) is 29.3. The molecule has 40 heavy (non-hydrogen) atoms. The molecule has 0 atom stereocenters. The standard InChI is InChI=1S/C39H47N/c1-36(2,3)32-23-27(26-17-13-12-14-18-26)21-22-34(32)40(38(7,8)9)35-25-31-29(24-33(35)37(4,5)6)28-19-15-16-20-30(28)39(31,10)11/h12-25H,1-11H3. The van der Waals surface area contributed by atoms with Crippen LogP contribution in [0.1, 0.15) is 98.4 Å². The fraction of sp³-hybridized carbons (Fsp3) is 0.385. The van der Waals surface area contributed by atoms with E-state index in [4.69, 9.17) is 0 Å². The summed E-state index contributed by atoms with van der Waals surface area (Å²) in [5.41, 5.74) is 13.3. The van der Waals surface area contributed by atoms with Gasteiger partial charge in [0.25, 0.3) is 0 Å². The highest BCUT2D eigenvalue weighted by Crippen LogP contribution is 2.53. The molecule has 0 N–H and O–H groups in total.